The molecule has 0 saturated carbocycles. The summed E-state index contributed by atoms with van der Waals surface area (Å²) < 4.78 is 1.94. The van der Waals surface area contributed by atoms with Crippen molar-refractivity contribution in [3.8, 4) is 11.4 Å². The number of aryl methyl sites for hydroxylation is 2. The Morgan fingerprint density at radius 1 is 1.39 bits per heavy atom. The molecule has 1 aliphatic heterocycles. The van der Waals surface area contributed by atoms with Crippen molar-refractivity contribution in [1.29, 1.82) is 0 Å². The molecule has 2 aromatic heterocycles. The average molecular weight is 313 g/mol. The highest BCUT2D eigenvalue weighted by Crippen LogP contribution is 2.28. The van der Waals surface area contributed by atoms with Crippen LogP contribution in [0.4, 0.5) is 0 Å². The predicted octanol–water partition coefficient (Wildman–Crippen LogP) is 2.39. The topological polar surface area (TPSA) is 63.9 Å². The van der Waals surface area contributed by atoms with Gasteiger partial charge in [-0.2, -0.15) is 5.10 Å². The standard InChI is InChI=1S/C17H23N5O/c1-4-22-17(7-8-18-22)16-10-15(19-12(2)20-16)14-6-5-9-21(11-14)13(3)23/h7-8,10,14H,4-6,9,11H2,1-3H3/t14-/m0/s1. The van der Waals surface area contributed by atoms with Gasteiger partial charge in [-0.15, -0.1) is 0 Å². The van der Waals surface area contributed by atoms with E-state index in [-0.39, 0.29) is 11.8 Å². The summed E-state index contributed by atoms with van der Waals surface area (Å²) in [7, 11) is 0. The number of aromatic nitrogens is 4. The number of likely N-dealkylation sites (tertiary alicyclic amines) is 1. The molecule has 2 aromatic rings. The molecule has 6 nitrogen and oxygen atoms in total. The van der Waals surface area contributed by atoms with Crippen molar-refractivity contribution in [2.75, 3.05) is 13.1 Å². The summed E-state index contributed by atoms with van der Waals surface area (Å²) >= 11 is 0. The number of hydrogen-bond donors (Lipinski definition) is 0. The molecular weight excluding hydrogens is 290 g/mol. The largest absolute Gasteiger partial charge is 0.342 e. The van der Waals surface area contributed by atoms with Crippen molar-refractivity contribution in [2.45, 2.75) is 46.1 Å². The number of carbonyl (C=O) groups is 1. The van der Waals surface area contributed by atoms with Gasteiger partial charge in [-0.1, -0.05) is 0 Å². The fourth-order valence-corrected chi connectivity index (χ4v) is 3.24. The maximum atomic E-state index is 11.7. The first kappa shape index (κ1) is 15.6. The fraction of sp³-hybridized carbons (Fsp3) is 0.529. The monoisotopic (exact) mass is 313 g/mol. The smallest absolute Gasteiger partial charge is 0.219 e. The molecule has 3 heterocycles. The zero-order chi connectivity index (χ0) is 16.4. The lowest BCUT2D eigenvalue weighted by Gasteiger charge is -2.31. The molecule has 6 heteroatoms. The third-order valence-electron chi connectivity index (χ3n) is 4.42. The van der Waals surface area contributed by atoms with E-state index in [1.165, 1.54) is 0 Å². The van der Waals surface area contributed by atoms with Gasteiger partial charge in [-0.05, 0) is 38.8 Å². The van der Waals surface area contributed by atoms with Crippen LogP contribution in [0.25, 0.3) is 11.4 Å². The van der Waals surface area contributed by atoms with Crippen LogP contribution in [0.1, 0.15) is 44.1 Å². The van der Waals surface area contributed by atoms with Gasteiger partial charge in [0.15, 0.2) is 0 Å². The van der Waals surface area contributed by atoms with Gasteiger partial charge in [0.05, 0.1) is 11.4 Å². The van der Waals surface area contributed by atoms with E-state index >= 15 is 0 Å². The zero-order valence-corrected chi connectivity index (χ0v) is 14.0. The molecular formula is C17H23N5O. The second-order valence-corrected chi connectivity index (χ2v) is 6.06. The molecule has 0 aromatic carbocycles. The summed E-state index contributed by atoms with van der Waals surface area (Å²) in [6.07, 6.45) is 3.89. The molecule has 23 heavy (non-hydrogen) atoms. The van der Waals surface area contributed by atoms with Crippen LogP contribution in [0.5, 0.6) is 0 Å². The SMILES string of the molecule is CCn1nccc1-c1cc([C@H]2CCCN(C(C)=O)C2)nc(C)n1. The van der Waals surface area contributed by atoms with Crippen LogP contribution in [0.15, 0.2) is 18.3 Å². The minimum atomic E-state index is 0.143. The summed E-state index contributed by atoms with van der Waals surface area (Å²) in [4.78, 5) is 22.8. The fourth-order valence-electron chi connectivity index (χ4n) is 3.24. The van der Waals surface area contributed by atoms with Crippen molar-refractivity contribution < 1.29 is 4.79 Å². The Morgan fingerprint density at radius 2 is 2.22 bits per heavy atom. The molecule has 0 bridgehead atoms. The van der Waals surface area contributed by atoms with Gasteiger partial charge in [0.1, 0.15) is 5.82 Å². The van der Waals surface area contributed by atoms with Gasteiger partial charge in [0.25, 0.3) is 0 Å². The van der Waals surface area contributed by atoms with E-state index in [0.717, 1.165) is 55.4 Å². The third kappa shape index (κ3) is 3.25. The van der Waals surface area contributed by atoms with Crippen LogP contribution in [0.2, 0.25) is 0 Å². The van der Waals surface area contributed by atoms with Crippen LogP contribution in [0, 0.1) is 6.92 Å². The molecule has 0 N–H and O–H groups in total. The van der Waals surface area contributed by atoms with Crippen molar-refractivity contribution in [1.82, 2.24) is 24.6 Å². The molecule has 1 saturated heterocycles. The molecule has 122 valence electrons. The number of carbonyl (C=O) groups excluding carboxylic acids is 1. The summed E-state index contributed by atoms with van der Waals surface area (Å²) in [6.45, 7) is 8.04. The summed E-state index contributed by atoms with van der Waals surface area (Å²) in [5.41, 5.74) is 2.95. The highest BCUT2D eigenvalue weighted by atomic mass is 16.2. The maximum Gasteiger partial charge on any atom is 0.219 e. The molecule has 1 fully saturated rings. The maximum absolute atomic E-state index is 11.7. The number of nitrogens with zero attached hydrogens (tertiary/aromatic N) is 5. The van der Waals surface area contributed by atoms with E-state index < -0.39 is 0 Å². The van der Waals surface area contributed by atoms with Gasteiger partial charge in [0, 0.05) is 44.4 Å². The van der Waals surface area contributed by atoms with Crippen LogP contribution in [0.3, 0.4) is 0 Å². The van der Waals surface area contributed by atoms with Crippen LogP contribution >= 0.6 is 0 Å². The van der Waals surface area contributed by atoms with Gasteiger partial charge in [-0.3, -0.25) is 9.48 Å². The van der Waals surface area contributed by atoms with E-state index in [4.69, 9.17) is 0 Å². The average Bonchev–Trinajstić information content (AvgIpc) is 3.03. The summed E-state index contributed by atoms with van der Waals surface area (Å²) in [5, 5.41) is 4.32. The van der Waals surface area contributed by atoms with Gasteiger partial charge in [-0.25, -0.2) is 9.97 Å². The molecule has 0 spiro atoms. The molecule has 1 aliphatic rings. The van der Waals surface area contributed by atoms with E-state index in [9.17, 15) is 4.79 Å². The number of piperidine rings is 1. The Kier molecular flexibility index (Phi) is 4.41. The van der Waals surface area contributed by atoms with E-state index in [2.05, 4.69) is 28.1 Å². The van der Waals surface area contributed by atoms with Crippen molar-refractivity contribution in [3.05, 3.63) is 29.8 Å². The minimum absolute atomic E-state index is 0.143. The molecule has 1 amide bonds. The number of hydrogen-bond acceptors (Lipinski definition) is 4. The van der Waals surface area contributed by atoms with E-state index in [0.29, 0.717) is 0 Å². The number of amides is 1. The molecule has 0 unspecified atom stereocenters. The van der Waals surface area contributed by atoms with Gasteiger partial charge >= 0.3 is 0 Å². The zero-order valence-electron chi connectivity index (χ0n) is 14.0. The van der Waals surface area contributed by atoms with Crippen LogP contribution < -0.4 is 0 Å². The molecule has 0 radical (unpaired) electrons. The summed E-state index contributed by atoms with van der Waals surface area (Å²) in [5.74, 6) is 1.19. The Hall–Kier alpha value is -2.24. The Labute approximate surface area is 136 Å². The van der Waals surface area contributed by atoms with Crippen molar-refractivity contribution in [2.24, 2.45) is 0 Å². The lowest BCUT2D eigenvalue weighted by atomic mass is 9.94. The molecule has 1 atom stereocenters. The van der Waals surface area contributed by atoms with Gasteiger partial charge < -0.3 is 4.90 Å². The predicted molar refractivity (Wildman–Crippen MR) is 87.9 cm³/mol. The first-order valence-corrected chi connectivity index (χ1v) is 8.21. The summed E-state index contributed by atoms with van der Waals surface area (Å²) in [6, 6.07) is 4.04. The first-order valence-electron chi connectivity index (χ1n) is 8.21. The molecule has 0 aliphatic carbocycles. The molecule has 3 rings (SSSR count). The third-order valence-corrected chi connectivity index (χ3v) is 4.42. The van der Waals surface area contributed by atoms with E-state index in [1.54, 1.807) is 13.1 Å². The second-order valence-electron chi connectivity index (χ2n) is 6.06. The Morgan fingerprint density at radius 3 is 2.96 bits per heavy atom. The number of rotatable bonds is 3. The minimum Gasteiger partial charge on any atom is -0.342 e. The highest BCUT2D eigenvalue weighted by molar-refractivity contribution is 5.73. The normalized spacial score (nSPS) is 18.2. The Balaban J connectivity index is 1.93. The highest BCUT2D eigenvalue weighted by Gasteiger charge is 2.24. The quantitative estimate of drug-likeness (QED) is 0.873. The second kappa shape index (κ2) is 6.48. The Bertz CT molecular complexity index is 709. The lowest BCUT2D eigenvalue weighted by Crippen LogP contribution is -2.37. The van der Waals surface area contributed by atoms with Gasteiger partial charge in [0.2, 0.25) is 5.91 Å². The van der Waals surface area contributed by atoms with Crippen molar-refractivity contribution in [3.63, 3.8) is 0 Å². The van der Waals surface area contributed by atoms with Crippen LogP contribution in [-0.4, -0.2) is 43.6 Å². The van der Waals surface area contributed by atoms with E-state index in [1.807, 2.05) is 22.6 Å². The lowest BCUT2D eigenvalue weighted by molar-refractivity contribution is -0.130. The van der Waals surface area contributed by atoms with Crippen molar-refractivity contribution >= 4 is 5.91 Å². The first-order chi connectivity index (χ1) is 11.1. The van der Waals surface area contributed by atoms with Crippen LogP contribution in [-0.2, 0) is 11.3 Å².